The highest BCUT2D eigenvalue weighted by molar-refractivity contribution is 6.39. The predicted octanol–water partition coefficient (Wildman–Crippen LogP) is 2.13. The van der Waals surface area contributed by atoms with Crippen molar-refractivity contribution in [2.75, 3.05) is 31.5 Å². The summed E-state index contributed by atoms with van der Waals surface area (Å²) in [6.45, 7) is 7.56. The molecule has 0 bridgehead atoms. The second-order valence-corrected chi connectivity index (χ2v) is 5.04. The van der Waals surface area contributed by atoms with Crippen LogP contribution < -0.4 is 10.6 Å². The van der Waals surface area contributed by atoms with E-state index < -0.39 is 11.8 Å². The molecule has 21 heavy (non-hydrogen) atoms. The lowest BCUT2D eigenvalue weighted by Gasteiger charge is -2.17. The average molecular weight is 312 g/mol. The molecule has 1 aromatic carbocycles. The van der Waals surface area contributed by atoms with Crippen molar-refractivity contribution < 1.29 is 9.59 Å². The molecule has 116 valence electrons. The molecule has 0 atom stereocenters. The van der Waals surface area contributed by atoms with Gasteiger partial charge in [0.1, 0.15) is 0 Å². The molecule has 0 aliphatic rings. The Labute approximate surface area is 130 Å². The van der Waals surface area contributed by atoms with Gasteiger partial charge in [-0.2, -0.15) is 0 Å². The summed E-state index contributed by atoms with van der Waals surface area (Å²) < 4.78 is 0. The number of rotatable bonds is 7. The van der Waals surface area contributed by atoms with Crippen LogP contribution in [0.1, 0.15) is 20.3 Å². The summed E-state index contributed by atoms with van der Waals surface area (Å²) in [6.07, 6.45) is 0.817. The molecular formula is C15H22ClN3O2. The van der Waals surface area contributed by atoms with E-state index in [1.54, 1.807) is 24.3 Å². The smallest absolute Gasteiger partial charge is 0.313 e. The van der Waals surface area contributed by atoms with Gasteiger partial charge < -0.3 is 15.5 Å². The van der Waals surface area contributed by atoms with Crippen molar-refractivity contribution in [1.82, 2.24) is 10.2 Å². The van der Waals surface area contributed by atoms with Gasteiger partial charge in [-0.05, 0) is 44.3 Å². The van der Waals surface area contributed by atoms with Crippen LogP contribution in [0.5, 0.6) is 0 Å². The molecule has 0 saturated heterocycles. The Morgan fingerprint density at radius 3 is 2.52 bits per heavy atom. The molecule has 0 saturated carbocycles. The number of benzene rings is 1. The van der Waals surface area contributed by atoms with Gasteiger partial charge in [0.25, 0.3) is 0 Å². The predicted molar refractivity (Wildman–Crippen MR) is 85.5 cm³/mol. The first kappa shape index (κ1) is 17.5. The summed E-state index contributed by atoms with van der Waals surface area (Å²) in [5.74, 6) is -1.31. The van der Waals surface area contributed by atoms with E-state index in [1.165, 1.54) is 0 Å². The Morgan fingerprint density at radius 1 is 1.19 bits per heavy atom. The number of carbonyl (C=O) groups excluding carboxylic acids is 2. The Bertz CT molecular complexity index is 476. The van der Waals surface area contributed by atoms with Gasteiger partial charge in [0.05, 0.1) is 0 Å². The Balaban J connectivity index is 2.30. The molecule has 1 aromatic rings. The van der Waals surface area contributed by atoms with Crippen molar-refractivity contribution in [2.24, 2.45) is 0 Å². The van der Waals surface area contributed by atoms with Crippen molar-refractivity contribution >= 4 is 29.1 Å². The molecule has 0 unspecified atom stereocenters. The first-order valence-electron chi connectivity index (χ1n) is 7.14. The molecule has 2 amide bonds. The lowest BCUT2D eigenvalue weighted by molar-refractivity contribution is -0.136. The minimum Gasteiger partial charge on any atom is -0.348 e. The normalized spacial score (nSPS) is 10.5. The minimum atomic E-state index is -0.680. The molecule has 0 aromatic heterocycles. The summed E-state index contributed by atoms with van der Waals surface area (Å²) in [4.78, 5) is 25.6. The maximum absolute atomic E-state index is 11.7. The summed E-state index contributed by atoms with van der Waals surface area (Å²) in [7, 11) is 0. The molecular weight excluding hydrogens is 290 g/mol. The van der Waals surface area contributed by atoms with Gasteiger partial charge in [0.15, 0.2) is 0 Å². The maximum atomic E-state index is 11.7. The fraction of sp³-hybridized carbons (Fsp3) is 0.467. The lowest BCUT2D eigenvalue weighted by Crippen LogP contribution is -2.37. The van der Waals surface area contributed by atoms with Gasteiger partial charge >= 0.3 is 11.8 Å². The van der Waals surface area contributed by atoms with E-state index in [-0.39, 0.29) is 0 Å². The molecule has 5 nitrogen and oxygen atoms in total. The van der Waals surface area contributed by atoms with E-state index in [1.807, 2.05) is 0 Å². The van der Waals surface area contributed by atoms with Gasteiger partial charge in [-0.1, -0.05) is 31.5 Å². The molecule has 1 rings (SSSR count). The number of hydrogen-bond donors (Lipinski definition) is 2. The van der Waals surface area contributed by atoms with Crippen LogP contribution in [0.3, 0.4) is 0 Å². The third-order valence-corrected chi connectivity index (χ3v) is 3.35. The van der Waals surface area contributed by atoms with E-state index >= 15 is 0 Å². The van der Waals surface area contributed by atoms with Gasteiger partial charge in [-0.15, -0.1) is 0 Å². The van der Waals surface area contributed by atoms with Gasteiger partial charge in [-0.3, -0.25) is 9.59 Å². The number of hydrogen-bond acceptors (Lipinski definition) is 3. The Hall–Kier alpha value is -1.59. The zero-order chi connectivity index (χ0) is 15.7. The van der Waals surface area contributed by atoms with Crippen molar-refractivity contribution in [3.63, 3.8) is 0 Å². The fourth-order valence-corrected chi connectivity index (χ4v) is 2.07. The SMILES string of the molecule is CCN(CC)CCCNC(=O)C(=O)Nc1cccc(Cl)c1. The quantitative estimate of drug-likeness (QED) is 0.599. The molecule has 6 heteroatoms. The number of nitrogens with one attached hydrogen (secondary N) is 2. The maximum Gasteiger partial charge on any atom is 0.313 e. The fourth-order valence-electron chi connectivity index (χ4n) is 1.88. The lowest BCUT2D eigenvalue weighted by atomic mass is 10.3. The molecule has 0 spiro atoms. The Morgan fingerprint density at radius 2 is 1.90 bits per heavy atom. The van der Waals surface area contributed by atoms with E-state index in [0.29, 0.717) is 17.3 Å². The number of halogens is 1. The highest BCUT2D eigenvalue weighted by Gasteiger charge is 2.13. The number of anilines is 1. The van der Waals surface area contributed by atoms with Crippen LogP contribution in [-0.2, 0) is 9.59 Å². The zero-order valence-electron chi connectivity index (χ0n) is 12.5. The number of nitrogens with zero attached hydrogens (tertiary/aromatic N) is 1. The highest BCUT2D eigenvalue weighted by Crippen LogP contribution is 2.14. The van der Waals surface area contributed by atoms with E-state index in [0.717, 1.165) is 26.1 Å². The third kappa shape index (κ3) is 6.60. The molecule has 0 heterocycles. The van der Waals surface area contributed by atoms with Crippen LogP contribution in [0.4, 0.5) is 5.69 Å². The second kappa shape index (κ2) is 9.37. The average Bonchev–Trinajstić information content (AvgIpc) is 2.47. The number of amides is 2. The molecule has 0 radical (unpaired) electrons. The molecule has 0 aliphatic heterocycles. The number of carbonyl (C=O) groups is 2. The van der Waals surface area contributed by atoms with Crippen molar-refractivity contribution in [2.45, 2.75) is 20.3 Å². The summed E-state index contributed by atoms with van der Waals surface area (Å²) in [6, 6.07) is 6.68. The Kier molecular flexibility index (Phi) is 7.79. The van der Waals surface area contributed by atoms with Crippen LogP contribution in [0.2, 0.25) is 5.02 Å². The van der Waals surface area contributed by atoms with Crippen LogP contribution in [0.25, 0.3) is 0 Å². The first-order chi connectivity index (χ1) is 10.1. The molecule has 2 N–H and O–H groups in total. The van der Waals surface area contributed by atoms with E-state index in [9.17, 15) is 9.59 Å². The summed E-state index contributed by atoms with van der Waals surface area (Å²) in [5, 5.41) is 5.63. The van der Waals surface area contributed by atoms with E-state index in [4.69, 9.17) is 11.6 Å². The van der Waals surface area contributed by atoms with Gasteiger partial charge in [0, 0.05) is 17.3 Å². The van der Waals surface area contributed by atoms with Crippen molar-refractivity contribution in [3.05, 3.63) is 29.3 Å². The monoisotopic (exact) mass is 311 g/mol. The van der Waals surface area contributed by atoms with Crippen LogP contribution >= 0.6 is 11.6 Å². The van der Waals surface area contributed by atoms with Crippen LogP contribution in [0, 0.1) is 0 Å². The van der Waals surface area contributed by atoms with Gasteiger partial charge in [0.2, 0.25) is 0 Å². The summed E-state index contributed by atoms with van der Waals surface area (Å²) >= 11 is 5.81. The zero-order valence-corrected chi connectivity index (χ0v) is 13.2. The van der Waals surface area contributed by atoms with E-state index in [2.05, 4.69) is 29.4 Å². The van der Waals surface area contributed by atoms with Crippen LogP contribution in [0.15, 0.2) is 24.3 Å². The highest BCUT2D eigenvalue weighted by atomic mass is 35.5. The standard InChI is InChI=1S/C15H22ClN3O2/c1-3-19(4-2)10-6-9-17-14(20)15(21)18-13-8-5-7-12(16)11-13/h5,7-8,11H,3-4,6,9-10H2,1-2H3,(H,17,20)(H,18,21). The second-order valence-electron chi connectivity index (χ2n) is 4.60. The molecule has 0 fully saturated rings. The largest absolute Gasteiger partial charge is 0.348 e. The van der Waals surface area contributed by atoms with Crippen molar-refractivity contribution in [1.29, 1.82) is 0 Å². The van der Waals surface area contributed by atoms with Gasteiger partial charge in [-0.25, -0.2) is 0 Å². The topological polar surface area (TPSA) is 61.4 Å². The first-order valence-corrected chi connectivity index (χ1v) is 7.51. The molecule has 0 aliphatic carbocycles. The third-order valence-electron chi connectivity index (χ3n) is 3.12. The van der Waals surface area contributed by atoms with Crippen LogP contribution in [-0.4, -0.2) is 42.9 Å². The summed E-state index contributed by atoms with van der Waals surface area (Å²) in [5.41, 5.74) is 0.505. The van der Waals surface area contributed by atoms with Crippen molar-refractivity contribution in [3.8, 4) is 0 Å². The minimum absolute atomic E-state index is 0.484.